The fraction of sp³-hybridized carbons (Fsp3) is 0.562. The average molecular weight is 258 g/mol. The number of benzene rings is 1. The van der Waals surface area contributed by atoms with Crippen molar-refractivity contribution in [2.24, 2.45) is 5.92 Å². The highest BCUT2D eigenvalue weighted by Gasteiger charge is 2.30. The van der Waals surface area contributed by atoms with Crippen LogP contribution in [0.2, 0.25) is 0 Å². The maximum Gasteiger partial charge on any atom is 0.241 e. The highest BCUT2D eigenvalue weighted by atomic mass is 16.2. The summed E-state index contributed by atoms with van der Waals surface area (Å²) in [4.78, 5) is 12.3. The summed E-state index contributed by atoms with van der Waals surface area (Å²) in [5.41, 5.74) is 2.23. The molecule has 0 saturated heterocycles. The molecule has 1 saturated carbocycles. The number of fused-ring (bicyclic) bond motifs is 1. The van der Waals surface area contributed by atoms with Crippen LogP contribution in [0, 0.1) is 5.92 Å². The molecule has 0 bridgehead atoms. The van der Waals surface area contributed by atoms with Crippen LogP contribution in [-0.2, 0) is 11.2 Å². The monoisotopic (exact) mass is 258 g/mol. The number of hydrogen-bond acceptors (Lipinski definition) is 2. The second-order valence-corrected chi connectivity index (χ2v) is 5.92. The third kappa shape index (κ3) is 2.66. The number of anilines is 1. The van der Waals surface area contributed by atoms with E-state index in [1.807, 2.05) is 18.2 Å². The van der Waals surface area contributed by atoms with Crippen LogP contribution >= 0.6 is 0 Å². The molecule has 3 rings (SSSR count). The van der Waals surface area contributed by atoms with E-state index in [4.69, 9.17) is 0 Å². The number of hydrogen-bond donors (Lipinski definition) is 2. The second-order valence-electron chi connectivity index (χ2n) is 5.92. The molecular formula is C16H22N2O. The third-order valence-electron chi connectivity index (χ3n) is 4.57. The average Bonchev–Trinajstić information content (AvgIpc) is 2.73. The van der Waals surface area contributed by atoms with Crippen molar-refractivity contribution in [2.75, 3.05) is 5.32 Å². The van der Waals surface area contributed by atoms with Crippen molar-refractivity contribution in [3.8, 4) is 0 Å². The summed E-state index contributed by atoms with van der Waals surface area (Å²) in [5.74, 6) is 0.822. The Kier molecular flexibility index (Phi) is 3.56. The van der Waals surface area contributed by atoms with Gasteiger partial charge in [0.15, 0.2) is 0 Å². The Labute approximate surface area is 114 Å². The Balaban J connectivity index is 1.70. The van der Waals surface area contributed by atoms with Crippen LogP contribution in [0.15, 0.2) is 24.3 Å². The molecule has 0 aromatic heterocycles. The summed E-state index contributed by atoms with van der Waals surface area (Å²) in [6, 6.07) is 8.59. The molecule has 2 N–H and O–H groups in total. The molecule has 1 amide bonds. The molecule has 19 heavy (non-hydrogen) atoms. The predicted octanol–water partition coefficient (Wildman–Crippen LogP) is 2.72. The highest BCUT2D eigenvalue weighted by Crippen LogP contribution is 2.27. The van der Waals surface area contributed by atoms with E-state index < -0.39 is 0 Å². The number of para-hydroxylation sites is 1. The van der Waals surface area contributed by atoms with Crippen LogP contribution in [0.4, 0.5) is 5.69 Å². The SMILES string of the molecule is CC1CCCC1NC1CCc2ccccc2NC1=O. The Bertz CT molecular complexity index is 472. The van der Waals surface area contributed by atoms with E-state index in [1.165, 1.54) is 24.8 Å². The van der Waals surface area contributed by atoms with Crippen LogP contribution in [0.5, 0.6) is 0 Å². The summed E-state index contributed by atoms with van der Waals surface area (Å²) in [5, 5.41) is 6.64. The minimum absolute atomic E-state index is 0.0436. The Morgan fingerprint density at radius 3 is 2.84 bits per heavy atom. The van der Waals surface area contributed by atoms with Crippen LogP contribution in [0.3, 0.4) is 0 Å². The number of nitrogens with one attached hydrogen (secondary N) is 2. The number of carbonyl (C=O) groups is 1. The molecule has 102 valence electrons. The fourth-order valence-corrected chi connectivity index (χ4v) is 3.32. The minimum Gasteiger partial charge on any atom is -0.324 e. The summed E-state index contributed by atoms with van der Waals surface area (Å²) in [6.07, 6.45) is 5.64. The van der Waals surface area contributed by atoms with E-state index in [0.29, 0.717) is 12.0 Å². The first kappa shape index (κ1) is 12.7. The van der Waals surface area contributed by atoms with Gasteiger partial charge in [-0.05, 0) is 43.2 Å². The van der Waals surface area contributed by atoms with Crippen molar-refractivity contribution in [1.82, 2.24) is 5.32 Å². The standard InChI is InChI=1S/C16H22N2O/c1-11-5-4-8-13(11)17-15-10-9-12-6-2-3-7-14(12)18-16(15)19/h2-3,6-7,11,13,15,17H,4-5,8-10H2,1H3,(H,18,19). The maximum absolute atomic E-state index is 12.3. The third-order valence-corrected chi connectivity index (χ3v) is 4.57. The zero-order chi connectivity index (χ0) is 13.2. The van der Waals surface area contributed by atoms with Gasteiger partial charge in [-0.3, -0.25) is 4.79 Å². The van der Waals surface area contributed by atoms with Crippen molar-refractivity contribution in [2.45, 2.75) is 51.1 Å². The van der Waals surface area contributed by atoms with Gasteiger partial charge in [-0.25, -0.2) is 0 Å². The molecule has 1 aliphatic heterocycles. The summed E-state index contributed by atoms with van der Waals surface area (Å²) >= 11 is 0. The van der Waals surface area contributed by atoms with Gasteiger partial charge in [0.2, 0.25) is 5.91 Å². The van der Waals surface area contributed by atoms with Crippen LogP contribution in [-0.4, -0.2) is 18.0 Å². The van der Waals surface area contributed by atoms with Gasteiger partial charge in [-0.1, -0.05) is 31.5 Å². The van der Waals surface area contributed by atoms with Crippen molar-refractivity contribution < 1.29 is 4.79 Å². The van der Waals surface area contributed by atoms with Crippen molar-refractivity contribution in [3.63, 3.8) is 0 Å². The molecule has 1 fully saturated rings. The molecule has 3 atom stereocenters. The molecule has 1 aromatic rings. The van der Waals surface area contributed by atoms with Gasteiger partial charge in [0.25, 0.3) is 0 Å². The highest BCUT2D eigenvalue weighted by molar-refractivity contribution is 5.96. The zero-order valence-corrected chi connectivity index (χ0v) is 11.5. The largest absolute Gasteiger partial charge is 0.324 e. The van der Waals surface area contributed by atoms with Crippen LogP contribution in [0.25, 0.3) is 0 Å². The van der Waals surface area contributed by atoms with E-state index >= 15 is 0 Å². The Morgan fingerprint density at radius 2 is 2.05 bits per heavy atom. The van der Waals surface area contributed by atoms with Gasteiger partial charge in [0.1, 0.15) is 0 Å². The molecule has 3 heteroatoms. The summed E-state index contributed by atoms with van der Waals surface area (Å²) < 4.78 is 0. The first-order valence-corrected chi connectivity index (χ1v) is 7.39. The fourth-order valence-electron chi connectivity index (χ4n) is 3.32. The van der Waals surface area contributed by atoms with Crippen LogP contribution < -0.4 is 10.6 Å². The van der Waals surface area contributed by atoms with Crippen molar-refractivity contribution in [3.05, 3.63) is 29.8 Å². The lowest BCUT2D eigenvalue weighted by Crippen LogP contribution is -2.46. The summed E-state index contributed by atoms with van der Waals surface area (Å²) in [7, 11) is 0. The van der Waals surface area contributed by atoms with Gasteiger partial charge in [0.05, 0.1) is 6.04 Å². The maximum atomic E-state index is 12.3. The second kappa shape index (κ2) is 5.33. The molecule has 3 nitrogen and oxygen atoms in total. The zero-order valence-electron chi connectivity index (χ0n) is 11.5. The number of aryl methyl sites for hydroxylation is 1. The Hall–Kier alpha value is -1.35. The molecule has 0 spiro atoms. The quantitative estimate of drug-likeness (QED) is 0.856. The van der Waals surface area contributed by atoms with Gasteiger partial charge in [0, 0.05) is 11.7 Å². The number of rotatable bonds is 2. The van der Waals surface area contributed by atoms with E-state index in [1.54, 1.807) is 0 Å². The summed E-state index contributed by atoms with van der Waals surface area (Å²) in [6.45, 7) is 2.29. The predicted molar refractivity (Wildman–Crippen MR) is 77.1 cm³/mol. The van der Waals surface area contributed by atoms with E-state index in [0.717, 1.165) is 18.5 Å². The topological polar surface area (TPSA) is 41.1 Å². The van der Waals surface area contributed by atoms with Gasteiger partial charge in [-0.2, -0.15) is 0 Å². The molecule has 3 unspecified atom stereocenters. The van der Waals surface area contributed by atoms with Crippen LogP contribution in [0.1, 0.15) is 38.2 Å². The Morgan fingerprint density at radius 1 is 1.21 bits per heavy atom. The van der Waals surface area contributed by atoms with E-state index in [2.05, 4.69) is 23.6 Å². The molecule has 1 aromatic carbocycles. The lowest BCUT2D eigenvalue weighted by atomic mass is 10.0. The molecule has 1 aliphatic carbocycles. The minimum atomic E-state index is -0.0436. The van der Waals surface area contributed by atoms with Gasteiger partial charge < -0.3 is 10.6 Å². The normalized spacial score (nSPS) is 30.6. The smallest absolute Gasteiger partial charge is 0.241 e. The van der Waals surface area contributed by atoms with E-state index in [9.17, 15) is 4.79 Å². The first-order valence-electron chi connectivity index (χ1n) is 7.39. The van der Waals surface area contributed by atoms with Crippen molar-refractivity contribution >= 4 is 11.6 Å². The lowest BCUT2D eigenvalue weighted by molar-refractivity contribution is -0.118. The van der Waals surface area contributed by atoms with Gasteiger partial charge >= 0.3 is 0 Å². The molecule has 0 radical (unpaired) electrons. The van der Waals surface area contributed by atoms with E-state index in [-0.39, 0.29) is 11.9 Å². The molecule has 1 heterocycles. The lowest BCUT2D eigenvalue weighted by Gasteiger charge is -2.23. The number of carbonyl (C=O) groups excluding carboxylic acids is 1. The number of amides is 1. The van der Waals surface area contributed by atoms with Gasteiger partial charge in [-0.15, -0.1) is 0 Å². The van der Waals surface area contributed by atoms with Crippen molar-refractivity contribution in [1.29, 1.82) is 0 Å². The first-order chi connectivity index (χ1) is 9.24. The molecule has 2 aliphatic rings. The molecular weight excluding hydrogens is 236 g/mol.